The van der Waals surface area contributed by atoms with E-state index in [9.17, 15) is 4.79 Å². The van der Waals surface area contributed by atoms with Gasteiger partial charge in [-0.3, -0.25) is 4.99 Å². The third kappa shape index (κ3) is 6.46. The molecule has 158 valence electrons. The Kier molecular flexibility index (Phi) is 8.96. The second kappa shape index (κ2) is 11.2. The van der Waals surface area contributed by atoms with E-state index >= 15 is 0 Å². The van der Waals surface area contributed by atoms with Crippen molar-refractivity contribution in [2.45, 2.75) is 25.4 Å². The summed E-state index contributed by atoms with van der Waals surface area (Å²) in [6, 6.07) is 7.50. The normalized spacial score (nSPS) is 14.9. The first kappa shape index (κ1) is 23.2. The zero-order valence-corrected chi connectivity index (χ0v) is 19.3. The fourth-order valence-corrected chi connectivity index (χ4v) is 3.14. The van der Waals surface area contributed by atoms with Gasteiger partial charge in [0.1, 0.15) is 0 Å². The second-order valence-electron chi connectivity index (χ2n) is 6.32. The van der Waals surface area contributed by atoms with E-state index in [1.54, 1.807) is 24.1 Å². The molecule has 1 saturated heterocycles. The van der Waals surface area contributed by atoms with Crippen molar-refractivity contribution in [3.05, 3.63) is 35.2 Å². The number of aliphatic imine (C=N–C) groups is 1. The van der Waals surface area contributed by atoms with Crippen LogP contribution in [0.3, 0.4) is 0 Å². The van der Waals surface area contributed by atoms with Gasteiger partial charge in [-0.15, -0.1) is 24.0 Å². The highest BCUT2D eigenvalue weighted by Gasteiger charge is 2.23. The lowest BCUT2D eigenvalue weighted by molar-refractivity contribution is 0.111. The number of hydrogen-bond donors (Lipinski definition) is 2. The molecule has 11 heteroatoms. The lowest BCUT2D eigenvalue weighted by Gasteiger charge is -2.32. The average Bonchev–Trinajstić information content (AvgIpc) is 3.20. The van der Waals surface area contributed by atoms with Gasteiger partial charge in [0.25, 0.3) is 0 Å². The van der Waals surface area contributed by atoms with Crippen LogP contribution in [0.2, 0.25) is 5.02 Å². The Morgan fingerprint density at radius 2 is 2.17 bits per heavy atom. The molecular formula is C18H24ClIN6O3. The maximum Gasteiger partial charge on any atom is 0.409 e. The molecule has 3 rings (SSSR count). The van der Waals surface area contributed by atoms with Crippen molar-refractivity contribution >= 4 is 47.6 Å². The van der Waals surface area contributed by atoms with Gasteiger partial charge in [0, 0.05) is 36.8 Å². The summed E-state index contributed by atoms with van der Waals surface area (Å²) in [7, 11) is 3.10. The third-order valence-electron chi connectivity index (χ3n) is 4.45. The predicted molar refractivity (Wildman–Crippen MR) is 120 cm³/mol. The summed E-state index contributed by atoms with van der Waals surface area (Å²) in [6.07, 6.45) is 1.35. The van der Waals surface area contributed by atoms with Gasteiger partial charge >= 0.3 is 6.09 Å². The van der Waals surface area contributed by atoms with Crippen LogP contribution in [0.25, 0.3) is 11.4 Å². The highest BCUT2D eigenvalue weighted by atomic mass is 127. The van der Waals surface area contributed by atoms with Gasteiger partial charge in [-0.1, -0.05) is 28.9 Å². The molecule has 9 nitrogen and oxygen atoms in total. The molecule has 1 aromatic heterocycles. The van der Waals surface area contributed by atoms with Gasteiger partial charge in [-0.25, -0.2) is 4.79 Å². The Labute approximate surface area is 191 Å². The van der Waals surface area contributed by atoms with E-state index in [1.165, 1.54) is 7.11 Å². The van der Waals surface area contributed by atoms with Crippen molar-refractivity contribution in [2.24, 2.45) is 4.99 Å². The van der Waals surface area contributed by atoms with Gasteiger partial charge < -0.3 is 24.8 Å². The number of piperidine rings is 1. The number of guanidine groups is 1. The molecule has 0 aliphatic carbocycles. The molecule has 0 spiro atoms. The summed E-state index contributed by atoms with van der Waals surface area (Å²) in [4.78, 5) is 21.8. The van der Waals surface area contributed by atoms with Crippen LogP contribution in [0.4, 0.5) is 4.79 Å². The minimum atomic E-state index is -0.284. The smallest absolute Gasteiger partial charge is 0.409 e. The van der Waals surface area contributed by atoms with Crippen molar-refractivity contribution in [3.8, 4) is 11.4 Å². The van der Waals surface area contributed by atoms with Crippen molar-refractivity contribution in [1.29, 1.82) is 0 Å². The zero-order chi connectivity index (χ0) is 19.9. The predicted octanol–water partition coefficient (Wildman–Crippen LogP) is 2.90. The first-order valence-electron chi connectivity index (χ1n) is 8.97. The summed E-state index contributed by atoms with van der Waals surface area (Å²) in [6.45, 7) is 1.64. The van der Waals surface area contributed by atoms with E-state index < -0.39 is 0 Å². The van der Waals surface area contributed by atoms with Crippen LogP contribution in [0, 0.1) is 0 Å². The van der Waals surface area contributed by atoms with Gasteiger partial charge in [0.15, 0.2) is 5.96 Å². The molecular weight excluding hydrogens is 511 g/mol. The highest BCUT2D eigenvalue weighted by Crippen LogP contribution is 2.19. The largest absolute Gasteiger partial charge is 0.453 e. The molecule has 0 unspecified atom stereocenters. The summed E-state index contributed by atoms with van der Waals surface area (Å²) >= 11 is 6.00. The van der Waals surface area contributed by atoms with Crippen LogP contribution in [0.5, 0.6) is 0 Å². The van der Waals surface area contributed by atoms with Crippen molar-refractivity contribution in [2.75, 3.05) is 27.2 Å². The molecule has 1 aromatic carbocycles. The Morgan fingerprint density at radius 3 is 2.83 bits per heavy atom. The van der Waals surface area contributed by atoms with E-state index in [1.807, 2.05) is 12.1 Å². The number of carbonyl (C=O) groups excluding carboxylic acids is 1. The van der Waals surface area contributed by atoms with Gasteiger partial charge in [0.2, 0.25) is 11.7 Å². The van der Waals surface area contributed by atoms with Crippen LogP contribution in [0.1, 0.15) is 18.7 Å². The summed E-state index contributed by atoms with van der Waals surface area (Å²) in [5, 5.41) is 11.1. The maximum atomic E-state index is 11.6. The van der Waals surface area contributed by atoms with Gasteiger partial charge in [0.05, 0.1) is 13.7 Å². The number of rotatable bonds is 4. The van der Waals surface area contributed by atoms with Crippen LogP contribution < -0.4 is 10.6 Å². The summed E-state index contributed by atoms with van der Waals surface area (Å²) in [5.74, 6) is 1.56. The first-order chi connectivity index (χ1) is 13.6. The van der Waals surface area contributed by atoms with Crippen LogP contribution in [-0.4, -0.2) is 60.4 Å². The molecule has 0 radical (unpaired) electrons. The Morgan fingerprint density at radius 1 is 1.41 bits per heavy atom. The molecule has 1 amide bonds. The first-order valence-corrected chi connectivity index (χ1v) is 9.35. The molecule has 0 saturated carbocycles. The Balaban J connectivity index is 0.00000300. The minimum absolute atomic E-state index is 0. The van der Waals surface area contributed by atoms with Gasteiger partial charge in [-0.05, 0) is 25.0 Å². The van der Waals surface area contributed by atoms with E-state index in [4.69, 9.17) is 20.9 Å². The van der Waals surface area contributed by atoms with E-state index in [-0.39, 0.29) is 36.1 Å². The number of nitrogens with zero attached hydrogens (tertiary/aromatic N) is 4. The average molecular weight is 535 g/mol. The molecule has 1 aliphatic heterocycles. The third-order valence-corrected chi connectivity index (χ3v) is 4.69. The highest BCUT2D eigenvalue weighted by molar-refractivity contribution is 14.0. The van der Waals surface area contributed by atoms with Gasteiger partial charge in [-0.2, -0.15) is 4.98 Å². The molecule has 2 N–H and O–H groups in total. The van der Waals surface area contributed by atoms with Crippen LogP contribution >= 0.6 is 35.6 Å². The van der Waals surface area contributed by atoms with E-state index in [0.717, 1.165) is 18.4 Å². The maximum absolute atomic E-state index is 11.6. The van der Waals surface area contributed by atoms with Crippen molar-refractivity contribution in [3.63, 3.8) is 0 Å². The zero-order valence-electron chi connectivity index (χ0n) is 16.2. The molecule has 0 atom stereocenters. The minimum Gasteiger partial charge on any atom is -0.453 e. The number of amides is 1. The standard InChI is InChI=1S/C18H23ClN6O3.HI/c1-20-17(22-14-6-8-25(9-7-14)18(26)27-2)21-11-15-23-16(24-28-15)12-4-3-5-13(19)10-12;/h3-5,10,14H,6-9,11H2,1-2H3,(H2,20,21,22);1H. The molecule has 0 bridgehead atoms. The SMILES string of the molecule is CN=C(NCc1nc(-c2cccc(Cl)c2)no1)NC1CCN(C(=O)OC)CC1.I. The molecule has 29 heavy (non-hydrogen) atoms. The molecule has 2 heterocycles. The Hall–Kier alpha value is -2.08. The van der Waals surface area contributed by atoms with Crippen LogP contribution in [0.15, 0.2) is 33.8 Å². The quantitative estimate of drug-likeness (QED) is 0.353. The van der Waals surface area contributed by atoms with Crippen molar-refractivity contribution < 1.29 is 14.1 Å². The number of hydrogen-bond acceptors (Lipinski definition) is 6. The topological polar surface area (TPSA) is 105 Å². The summed E-state index contributed by atoms with van der Waals surface area (Å²) in [5.41, 5.74) is 0.794. The Bertz CT molecular complexity index is 839. The number of methoxy groups -OCH3 is 1. The number of nitrogens with one attached hydrogen (secondary N) is 2. The van der Waals surface area contributed by atoms with E-state index in [2.05, 4.69) is 25.8 Å². The second-order valence-corrected chi connectivity index (χ2v) is 6.76. The number of aromatic nitrogens is 2. The number of benzene rings is 1. The van der Waals surface area contributed by atoms with Crippen LogP contribution in [-0.2, 0) is 11.3 Å². The molecule has 2 aromatic rings. The number of halogens is 2. The number of ether oxygens (including phenoxy) is 1. The monoisotopic (exact) mass is 534 g/mol. The fourth-order valence-electron chi connectivity index (χ4n) is 2.95. The fraction of sp³-hybridized carbons (Fsp3) is 0.444. The number of carbonyl (C=O) groups is 1. The molecule has 1 fully saturated rings. The van der Waals surface area contributed by atoms with Crippen molar-refractivity contribution in [1.82, 2.24) is 25.7 Å². The lowest BCUT2D eigenvalue weighted by atomic mass is 10.1. The lowest BCUT2D eigenvalue weighted by Crippen LogP contribution is -2.49. The molecule has 1 aliphatic rings. The van der Waals surface area contributed by atoms with E-state index in [0.29, 0.717) is 42.3 Å². The summed E-state index contributed by atoms with van der Waals surface area (Å²) < 4.78 is 10.0. The number of likely N-dealkylation sites (tertiary alicyclic amines) is 1.